The molecule has 112 valence electrons. The monoisotopic (exact) mass is 325 g/mol. The molecule has 7 heteroatoms. The van der Waals surface area contributed by atoms with Crippen LogP contribution in [0.25, 0.3) is 0 Å². The lowest BCUT2D eigenvalue weighted by molar-refractivity contribution is -0.384. The Morgan fingerprint density at radius 3 is 2.67 bits per heavy atom. The van der Waals surface area contributed by atoms with E-state index in [0.29, 0.717) is 17.3 Å². The molecule has 1 heterocycles. The van der Waals surface area contributed by atoms with E-state index in [4.69, 9.17) is 11.6 Å². The highest BCUT2D eigenvalue weighted by molar-refractivity contribution is 7.09. The van der Waals surface area contributed by atoms with Gasteiger partial charge in [-0.2, -0.15) is 0 Å². The Labute approximate surface area is 132 Å². The number of nitrogens with one attached hydrogen (secondary N) is 1. The van der Waals surface area contributed by atoms with Gasteiger partial charge >= 0.3 is 0 Å². The highest BCUT2D eigenvalue weighted by Gasteiger charge is 2.18. The van der Waals surface area contributed by atoms with Gasteiger partial charge in [-0.25, -0.2) is 4.98 Å². The predicted octanol–water partition coefficient (Wildman–Crippen LogP) is 4.61. The molecule has 2 rings (SSSR count). The zero-order valence-corrected chi connectivity index (χ0v) is 13.6. The van der Waals surface area contributed by atoms with Crippen LogP contribution >= 0.6 is 22.9 Å². The second-order valence-corrected chi connectivity index (χ2v) is 6.93. The fraction of sp³-hybridized carbons (Fsp3) is 0.357. The molecule has 21 heavy (non-hydrogen) atoms. The van der Waals surface area contributed by atoms with E-state index in [1.807, 2.05) is 5.38 Å². The lowest BCUT2D eigenvalue weighted by Crippen LogP contribution is -2.11. The van der Waals surface area contributed by atoms with Crippen molar-refractivity contribution in [2.45, 2.75) is 32.7 Å². The number of aromatic nitrogens is 1. The minimum atomic E-state index is -0.467. The van der Waals surface area contributed by atoms with Gasteiger partial charge in [-0.3, -0.25) is 10.1 Å². The molecule has 0 aliphatic rings. The third-order valence-electron chi connectivity index (χ3n) is 2.82. The van der Waals surface area contributed by atoms with Crippen LogP contribution in [0.1, 0.15) is 31.5 Å². The summed E-state index contributed by atoms with van der Waals surface area (Å²) in [6.45, 7) is 6.90. The normalized spacial score (nSPS) is 11.4. The zero-order chi connectivity index (χ0) is 15.6. The maximum absolute atomic E-state index is 10.7. The number of nitro groups is 1. The number of hydrogen-bond donors (Lipinski definition) is 1. The maximum atomic E-state index is 10.7. The van der Waals surface area contributed by atoms with Gasteiger partial charge in [0, 0.05) is 22.9 Å². The van der Waals surface area contributed by atoms with E-state index in [9.17, 15) is 10.1 Å². The van der Waals surface area contributed by atoms with E-state index < -0.39 is 4.92 Å². The first-order chi connectivity index (χ1) is 9.77. The number of anilines is 1. The number of hydrogen-bond acceptors (Lipinski definition) is 5. The van der Waals surface area contributed by atoms with E-state index in [1.165, 1.54) is 12.1 Å². The van der Waals surface area contributed by atoms with Gasteiger partial charge in [0.2, 0.25) is 0 Å². The molecular formula is C14H16ClN3O2S. The first kappa shape index (κ1) is 15.7. The average Bonchev–Trinajstić information content (AvgIpc) is 2.85. The van der Waals surface area contributed by atoms with Crippen LogP contribution in [0.3, 0.4) is 0 Å². The largest absolute Gasteiger partial charge is 0.378 e. The fourth-order valence-corrected chi connectivity index (χ4v) is 2.83. The van der Waals surface area contributed by atoms with Crippen molar-refractivity contribution in [3.05, 3.63) is 49.4 Å². The second kappa shape index (κ2) is 5.99. The Hall–Kier alpha value is -1.66. The van der Waals surface area contributed by atoms with Gasteiger partial charge < -0.3 is 5.32 Å². The molecule has 5 nitrogen and oxygen atoms in total. The Balaban J connectivity index is 2.06. The molecule has 0 aliphatic carbocycles. The summed E-state index contributed by atoms with van der Waals surface area (Å²) in [4.78, 5) is 14.8. The third-order valence-corrected chi connectivity index (χ3v) is 4.45. The predicted molar refractivity (Wildman–Crippen MR) is 86.2 cm³/mol. The average molecular weight is 326 g/mol. The molecule has 0 atom stereocenters. The van der Waals surface area contributed by atoms with Crippen molar-refractivity contribution in [2.75, 3.05) is 5.32 Å². The van der Waals surface area contributed by atoms with Crippen molar-refractivity contribution < 1.29 is 4.92 Å². The SMILES string of the molecule is CC(C)(C)c1nc(CNc2ccc([N+](=O)[O-])cc2Cl)cs1. The summed E-state index contributed by atoms with van der Waals surface area (Å²) in [6, 6.07) is 4.37. The van der Waals surface area contributed by atoms with E-state index in [2.05, 4.69) is 31.1 Å². The highest BCUT2D eigenvalue weighted by atomic mass is 35.5. The van der Waals surface area contributed by atoms with Crippen LogP contribution < -0.4 is 5.32 Å². The van der Waals surface area contributed by atoms with Crippen LogP contribution in [-0.2, 0) is 12.0 Å². The topological polar surface area (TPSA) is 68.1 Å². The van der Waals surface area contributed by atoms with Gasteiger partial charge in [-0.1, -0.05) is 32.4 Å². The molecule has 0 aliphatic heterocycles. The molecule has 0 spiro atoms. The minimum Gasteiger partial charge on any atom is -0.378 e. The summed E-state index contributed by atoms with van der Waals surface area (Å²) < 4.78 is 0. The van der Waals surface area contributed by atoms with Gasteiger partial charge in [0.25, 0.3) is 5.69 Å². The fourth-order valence-electron chi connectivity index (χ4n) is 1.68. The Bertz CT molecular complexity index is 664. The van der Waals surface area contributed by atoms with Gasteiger partial charge in [0.1, 0.15) is 0 Å². The summed E-state index contributed by atoms with van der Waals surface area (Å²) in [7, 11) is 0. The first-order valence-electron chi connectivity index (χ1n) is 6.40. The molecule has 0 saturated carbocycles. The van der Waals surface area contributed by atoms with E-state index >= 15 is 0 Å². The molecule has 0 radical (unpaired) electrons. The molecular weight excluding hydrogens is 310 g/mol. The van der Waals surface area contributed by atoms with E-state index in [0.717, 1.165) is 10.7 Å². The number of nitrogens with zero attached hydrogens (tertiary/aromatic N) is 2. The molecule has 0 fully saturated rings. The maximum Gasteiger partial charge on any atom is 0.271 e. The van der Waals surface area contributed by atoms with Crippen molar-refractivity contribution in [1.82, 2.24) is 4.98 Å². The summed E-state index contributed by atoms with van der Waals surface area (Å²) in [5.74, 6) is 0. The van der Waals surface area contributed by atoms with Crippen LogP contribution in [0.5, 0.6) is 0 Å². The van der Waals surface area contributed by atoms with Gasteiger partial charge in [0.15, 0.2) is 0 Å². The molecule has 1 N–H and O–H groups in total. The molecule has 2 aromatic rings. The lowest BCUT2D eigenvalue weighted by atomic mass is 9.98. The highest BCUT2D eigenvalue weighted by Crippen LogP contribution is 2.28. The smallest absolute Gasteiger partial charge is 0.271 e. The number of rotatable bonds is 4. The second-order valence-electron chi connectivity index (χ2n) is 5.67. The van der Waals surface area contributed by atoms with Crippen molar-refractivity contribution in [3.8, 4) is 0 Å². The third kappa shape index (κ3) is 3.92. The van der Waals surface area contributed by atoms with E-state index in [-0.39, 0.29) is 11.1 Å². The van der Waals surface area contributed by atoms with Crippen LogP contribution in [0.2, 0.25) is 5.02 Å². The molecule has 1 aromatic carbocycles. The van der Waals surface area contributed by atoms with Gasteiger partial charge in [0.05, 0.1) is 32.9 Å². The standard InChI is InChI=1S/C14H16ClN3O2S/c1-14(2,3)13-17-9(8-21-13)7-16-12-5-4-10(18(19)20)6-11(12)15/h4-6,8,16H,7H2,1-3H3. The Kier molecular flexibility index (Phi) is 4.49. The van der Waals surface area contributed by atoms with E-state index in [1.54, 1.807) is 17.4 Å². The number of halogens is 1. The molecule has 0 saturated heterocycles. The summed E-state index contributed by atoms with van der Waals surface area (Å²) in [5.41, 5.74) is 1.61. The Morgan fingerprint density at radius 2 is 2.14 bits per heavy atom. The molecule has 1 aromatic heterocycles. The summed E-state index contributed by atoms with van der Waals surface area (Å²) >= 11 is 7.66. The number of benzene rings is 1. The lowest BCUT2D eigenvalue weighted by Gasteiger charge is -2.13. The molecule has 0 amide bonds. The van der Waals surface area contributed by atoms with Crippen LogP contribution in [0, 0.1) is 10.1 Å². The van der Waals surface area contributed by atoms with Crippen molar-refractivity contribution >= 4 is 34.3 Å². The van der Waals surface area contributed by atoms with Crippen LogP contribution in [0.15, 0.2) is 23.6 Å². The van der Waals surface area contributed by atoms with Crippen molar-refractivity contribution in [2.24, 2.45) is 0 Å². The van der Waals surface area contributed by atoms with Crippen LogP contribution in [0.4, 0.5) is 11.4 Å². The summed E-state index contributed by atoms with van der Waals surface area (Å²) in [6.07, 6.45) is 0. The van der Waals surface area contributed by atoms with Crippen LogP contribution in [-0.4, -0.2) is 9.91 Å². The quantitative estimate of drug-likeness (QED) is 0.658. The van der Waals surface area contributed by atoms with Crippen molar-refractivity contribution in [1.29, 1.82) is 0 Å². The van der Waals surface area contributed by atoms with Gasteiger partial charge in [-0.05, 0) is 6.07 Å². The first-order valence-corrected chi connectivity index (χ1v) is 7.66. The zero-order valence-electron chi connectivity index (χ0n) is 12.0. The van der Waals surface area contributed by atoms with Crippen molar-refractivity contribution in [3.63, 3.8) is 0 Å². The number of non-ortho nitro benzene ring substituents is 1. The Morgan fingerprint density at radius 1 is 1.43 bits per heavy atom. The number of thiazole rings is 1. The molecule has 0 bridgehead atoms. The number of nitro benzene ring substituents is 1. The minimum absolute atomic E-state index is 0.0192. The van der Waals surface area contributed by atoms with Gasteiger partial charge in [-0.15, -0.1) is 11.3 Å². The molecule has 0 unspecified atom stereocenters. The summed E-state index contributed by atoms with van der Waals surface area (Å²) in [5, 5.41) is 17.2.